The molecule has 5 rings (SSSR count). The number of anilines is 4. The van der Waals surface area contributed by atoms with Crippen LogP contribution in [0.25, 0.3) is 0 Å². The van der Waals surface area contributed by atoms with E-state index in [1.54, 1.807) is 6.07 Å². The Balaban J connectivity index is 1.34. The highest BCUT2D eigenvalue weighted by molar-refractivity contribution is 6.31. The van der Waals surface area contributed by atoms with Crippen LogP contribution in [0, 0.1) is 0 Å². The Morgan fingerprint density at radius 1 is 1.26 bits per heavy atom. The third kappa shape index (κ3) is 5.19. The van der Waals surface area contributed by atoms with E-state index in [9.17, 15) is 9.90 Å². The van der Waals surface area contributed by atoms with Crippen LogP contribution in [0.4, 0.5) is 23.0 Å². The van der Waals surface area contributed by atoms with Gasteiger partial charge in [0.15, 0.2) is 6.10 Å². The molecule has 1 amide bonds. The predicted octanol–water partition coefficient (Wildman–Crippen LogP) is 1.74. The zero-order valence-electron chi connectivity index (χ0n) is 18.9. The fourth-order valence-corrected chi connectivity index (χ4v) is 4.43. The van der Waals surface area contributed by atoms with Crippen molar-refractivity contribution in [2.45, 2.75) is 24.4 Å². The maximum absolute atomic E-state index is 12.0. The summed E-state index contributed by atoms with van der Waals surface area (Å²) >= 11 is 6.27. The topological polar surface area (TPSA) is 127 Å². The first-order chi connectivity index (χ1) is 17.0. The smallest absolute Gasteiger partial charge is 0.247 e. The molecule has 0 saturated carbocycles. The summed E-state index contributed by atoms with van der Waals surface area (Å²) in [6.07, 6.45) is 0.712. The molecule has 4 atom stereocenters. The molecule has 3 saturated heterocycles. The van der Waals surface area contributed by atoms with Crippen LogP contribution in [0.1, 0.15) is 0 Å². The van der Waals surface area contributed by atoms with Gasteiger partial charge in [0, 0.05) is 18.8 Å². The molecule has 0 spiro atoms. The van der Waals surface area contributed by atoms with Gasteiger partial charge in [0.2, 0.25) is 17.7 Å². The molecule has 35 heavy (non-hydrogen) atoms. The minimum absolute atomic E-state index is 0.175. The van der Waals surface area contributed by atoms with Crippen molar-refractivity contribution < 1.29 is 28.8 Å². The molecule has 3 aliphatic rings. The molecule has 1 aromatic carbocycles. The molecule has 186 valence electrons. The van der Waals surface area contributed by atoms with Crippen LogP contribution >= 0.6 is 11.6 Å². The Kier molecular flexibility index (Phi) is 7.02. The third-order valence-electron chi connectivity index (χ3n) is 6.00. The highest BCUT2D eigenvalue weighted by atomic mass is 35.5. The van der Waals surface area contributed by atoms with Crippen LogP contribution in [-0.4, -0.2) is 84.9 Å². The van der Waals surface area contributed by atoms with E-state index in [-0.39, 0.29) is 36.0 Å². The lowest BCUT2D eigenvalue weighted by atomic mass is 10.1. The summed E-state index contributed by atoms with van der Waals surface area (Å²) in [5, 5.41) is 16.2. The minimum atomic E-state index is -0.678. The second kappa shape index (κ2) is 10.3. The molecule has 0 bridgehead atoms. The third-order valence-corrected chi connectivity index (χ3v) is 6.26. The molecule has 2 aromatic rings. The number of halogens is 1. The molecule has 11 nitrogen and oxygen atoms in total. The molecular weight excluding hydrogens is 478 g/mol. The Labute approximate surface area is 207 Å². The van der Waals surface area contributed by atoms with Gasteiger partial charge in [-0.05, 0) is 24.3 Å². The Morgan fingerprint density at radius 2 is 2.06 bits per heavy atom. The number of ether oxygens (including phenoxy) is 4. The molecule has 0 unspecified atom stereocenters. The molecule has 3 fully saturated rings. The standard InChI is InChI=1S/C23H26ClN5O6/c1-2-19(31)27-15-9-13(3-4-16(15)29-5-7-32-8-6-29)26-23-25-10-14(24)22(28-23)35-18-12-34-20-17(30)11-33-21(18)20/h2-4,9-10,17-18,20-21,30H,1,5-8,11-12H2,(H,27,31)(H,25,26,28)/t17-,18-,20-,21-/m1/s1. The number of fused-ring (bicyclic) bond motifs is 1. The summed E-state index contributed by atoms with van der Waals surface area (Å²) in [5.41, 5.74) is 2.16. The van der Waals surface area contributed by atoms with Gasteiger partial charge < -0.3 is 39.6 Å². The molecule has 3 aliphatic heterocycles. The summed E-state index contributed by atoms with van der Waals surface area (Å²) in [4.78, 5) is 22.8. The van der Waals surface area contributed by atoms with Gasteiger partial charge in [0.25, 0.3) is 0 Å². The van der Waals surface area contributed by atoms with Crippen LogP contribution in [0.2, 0.25) is 5.02 Å². The molecule has 4 heterocycles. The van der Waals surface area contributed by atoms with Crippen molar-refractivity contribution in [3.05, 3.63) is 42.1 Å². The van der Waals surface area contributed by atoms with Crippen molar-refractivity contribution in [1.29, 1.82) is 0 Å². The van der Waals surface area contributed by atoms with E-state index >= 15 is 0 Å². The number of aliphatic hydroxyl groups excluding tert-OH is 1. The lowest BCUT2D eigenvalue weighted by molar-refractivity contribution is -0.111. The van der Waals surface area contributed by atoms with Crippen molar-refractivity contribution in [2.24, 2.45) is 0 Å². The van der Waals surface area contributed by atoms with E-state index in [4.69, 9.17) is 30.5 Å². The van der Waals surface area contributed by atoms with E-state index < -0.39 is 24.4 Å². The number of nitrogens with zero attached hydrogens (tertiary/aromatic N) is 3. The van der Waals surface area contributed by atoms with Crippen molar-refractivity contribution in [2.75, 3.05) is 55.1 Å². The number of carbonyl (C=O) groups is 1. The fourth-order valence-electron chi connectivity index (χ4n) is 4.29. The number of aromatic nitrogens is 2. The highest BCUT2D eigenvalue weighted by Crippen LogP contribution is 2.34. The zero-order chi connectivity index (χ0) is 24.4. The Bertz CT molecular complexity index is 1100. The number of hydrogen-bond acceptors (Lipinski definition) is 10. The zero-order valence-corrected chi connectivity index (χ0v) is 19.6. The summed E-state index contributed by atoms with van der Waals surface area (Å²) < 4.78 is 22.6. The number of rotatable bonds is 7. The number of aliphatic hydroxyl groups is 1. The molecular formula is C23H26ClN5O6. The summed E-state index contributed by atoms with van der Waals surface area (Å²) in [6, 6.07) is 5.59. The molecule has 0 radical (unpaired) electrons. The van der Waals surface area contributed by atoms with Gasteiger partial charge in [-0.3, -0.25) is 4.79 Å². The van der Waals surface area contributed by atoms with E-state index in [0.717, 1.165) is 18.8 Å². The van der Waals surface area contributed by atoms with E-state index in [1.807, 2.05) is 12.1 Å². The average Bonchev–Trinajstić information content (AvgIpc) is 3.44. The van der Waals surface area contributed by atoms with E-state index in [0.29, 0.717) is 24.6 Å². The number of benzene rings is 1. The Hall–Kier alpha value is -2.96. The van der Waals surface area contributed by atoms with Crippen molar-refractivity contribution in [3.8, 4) is 5.88 Å². The summed E-state index contributed by atoms with van der Waals surface area (Å²) in [7, 11) is 0. The van der Waals surface area contributed by atoms with Crippen LogP contribution in [-0.2, 0) is 19.0 Å². The first-order valence-electron chi connectivity index (χ1n) is 11.3. The normalized spacial score (nSPS) is 25.7. The lowest BCUT2D eigenvalue weighted by Crippen LogP contribution is -2.36. The monoisotopic (exact) mass is 503 g/mol. The van der Waals surface area contributed by atoms with Gasteiger partial charge in [-0.2, -0.15) is 4.98 Å². The van der Waals surface area contributed by atoms with Gasteiger partial charge in [-0.1, -0.05) is 18.2 Å². The molecule has 0 aliphatic carbocycles. The molecule has 12 heteroatoms. The number of nitrogens with one attached hydrogen (secondary N) is 2. The molecule has 3 N–H and O–H groups in total. The first kappa shape index (κ1) is 23.8. The van der Waals surface area contributed by atoms with Gasteiger partial charge in [-0.15, -0.1) is 0 Å². The number of carbonyl (C=O) groups excluding carboxylic acids is 1. The summed E-state index contributed by atoms with van der Waals surface area (Å²) in [6.45, 7) is 6.67. The predicted molar refractivity (Wildman–Crippen MR) is 129 cm³/mol. The average molecular weight is 504 g/mol. The summed E-state index contributed by atoms with van der Waals surface area (Å²) in [5.74, 6) is 0.118. The first-order valence-corrected chi connectivity index (χ1v) is 11.7. The van der Waals surface area contributed by atoms with Gasteiger partial charge in [0.05, 0.1) is 44.0 Å². The van der Waals surface area contributed by atoms with Crippen molar-refractivity contribution >= 4 is 40.5 Å². The van der Waals surface area contributed by atoms with Crippen molar-refractivity contribution in [3.63, 3.8) is 0 Å². The van der Waals surface area contributed by atoms with Crippen LogP contribution in [0.3, 0.4) is 0 Å². The lowest BCUT2D eigenvalue weighted by Gasteiger charge is -2.30. The minimum Gasteiger partial charge on any atom is -0.468 e. The second-order valence-corrected chi connectivity index (χ2v) is 8.72. The fraction of sp³-hybridized carbons (Fsp3) is 0.435. The van der Waals surface area contributed by atoms with Crippen LogP contribution in [0.15, 0.2) is 37.1 Å². The van der Waals surface area contributed by atoms with Gasteiger partial charge in [0.1, 0.15) is 23.3 Å². The van der Waals surface area contributed by atoms with E-state index in [2.05, 4.69) is 32.1 Å². The largest absolute Gasteiger partial charge is 0.468 e. The van der Waals surface area contributed by atoms with Crippen LogP contribution in [0.5, 0.6) is 5.88 Å². The van der Waals surface area contributed by atoms with E-state index in [1.165, 1.54) is 12.3 Å². The maximum atomic E-state index is 12.0. The van der Waals surface area contributed by atoms with Crippen LogP contribution < -0.4 is 20.3 Å². The number of morpholine rings is 1. The quantitative estimate of drug-likeness (QED) is 0.481. The molecule has 1 aromatic heterocycles. The maximum Gasteiger partial charge on any atom is 0.247 e. The number of amides is 1. The van der Waals surface area contributed by atoms with Gasteiger partial charge in [-0.25, -0.2) is 4.98 Å². The second-order valence-electron chi connectivity index (χ2n) is 8.32. The van der Waals surface area contributed by atoms with Gasteiger partial charge >= 0.3 is 0 Å². The highest BCUT2D eigenvalue weighted by Gasteiger charge is 2.48. The van der Waals surface area contributed by atoms with Crippen molar-refractivity contribution in [1.82, 2.24) is 9.97 Å². The number of hydrogen-bond donors (Lipinski definition) is 3. The SMILES string of the molecule is C=CC(=O)Nc1cc(Nc2ncc(Cl)c(O[C@@H]3CO[C@H]4[C@@H]3OC[C@H]4O)n2)ccc1N1CCOCC1. The Morgan fingerprint density at radius 3 is 2.86 bits per heavy atom.